The van der Waals surface area contributed by atoms with Gasteiger partial charge in [-0.2, -0.15) is 0 Å². The second-order valence-electron chi connectivity index (χ2n) is 9.31. The first-order chi connectivity index (χ1) is 14.6. The number of hydrogen-bond acceptors (Lipinski definition) is 5. The zero-order valence-corrected chi connectivity index (χ0v) is 17.4. The van der Waals surface area contributed by atoms with Crippen LogP contribution in [-0.4, -0.2) is 50.0 Å². The summed E-state index contributed by atoms with van der Waals surface area (Å²) in [5.41, 5.74) is 0.785. The van der Waals surface area contributed by atoms with Crippen molar-refractivity contribution in [1.82, 2.24) is 19.9 Å². The quantitative estimate of drug-likeness (QED) is 0.793. The molecule has 4 aliphatic rings. The van der Waals surface area contributed by atoms with E-state index in [2.05, 4.69) is 20.5 Å². The summed E-state index contributed by atoms with van der Waals surface area (Å²) in [5, 5.41) is 22.6. The van der Waals surface area contributed by atoms with E-state index in [1.807, 2.05) is 41.2 Å². The molecule has 7 nitrogen and oxygen atoms in total. The third-order valence-electron chi connectivity index (χ3n) is 7.35. The smallest absolute Gasteiger partial charge is 0.229 e. The Morgan fingerprint density at radius 2 is 2.00 bits per heavy atom. The molecule has 4 heterocycles. The highest BCUT2D eigenvalue weighted by Gasteiger charge is 2.43. The fraction of sp³-hybridized carbons (Fsp3) is 0.609. The van der Waals surface area contributed by atoms with Crippen LogP contribution < -0.4 is 5.32 Å². The second-order valence-corrected chi connectivity index (χ2v) is 9.31. The fourth-order valence-corrected chi connectivity index (χ4v) is 5.59. The van der Waals surface area contributed by atoms with Gasteiger partial charge in [0.05, 0.1) is 18.7 Å². The molecule has 4 atom stereocenters. The summed E-state index contributed by atoms with van der Waals surface area (Å²) >= 11 is 0. The van der Waals surface area contributed by atoms with Gasteiger partial charge in [-0.1, -0.05) is 42.7 Å². The van der Waals surface area contributed by atoms with Crippen molar-refractivity contribution in [3.8, 4) is 0 Å². The van der Waals surface area contributed by atoms with Gasteiger partial charge in [-0.15, -0.1) is 5.10 Å². The average molecular weight is 410 g/mol. The predicted molar refractivity (Wildman–Crippen MR) is 114 cm³/mol. The number of nitrogens with zero attached hydrogens (tertiary/aromatic N) is 4. The van der Waals surface area contributed by atoms with Crippen molar-refractivity contribution in [2.45, 2.75) is 63.1 Å². The van der Waals surface area contributed by atoms with Crippen molar-refractivity contribution in [1.29, 1.82) is 0 Å². The molecule has 1 aliphatic carbocycles. The molecule has 160 valence electrons. The topological polar surface area (TPSA) is 83.3 Å². The average Bonchev–Trinajstić information content (AvgIpc) is 3.25. The Hall–Kier alpha value is -2.25. The second kappa shape index (κ2) is 8.12. The summed E-state index contributed by atoms with van der Waals surface area (Å²) in [6.07, 6.45) is 8.87. The van der Waals surface area contributed by atoms with E-state index in [4.69, 9.17) is 0 Å². The molecule has 1 aromatic heterocycles. The Balaban J connectivity index is 1.21. The lowest BCUT2D eigenvalue weighted by atomic mass is 9.75. The van der Waals surface area contributed by atoms with Crippen LogP contribution in [0.2, 0.25) is 0 Å². The molecule has 0 radical (unpaired) electrons. The Morgan fingerprint density at radius 3 is 2.73 bits per heavy atom. The van der Waals surface area contributed by atoms with E-state index >= 15 is 0 Å². The van der Waals surface area contributed by atoms with Gasteiger partial charge in [0, 0.05) is 18.3 Å². The van der Waals surface area contributed by atoms with Crippen LogP contribution in [0, 0.1) is 11.8 Å². The zero-order valence-electron chi connectivity index (χ0n) is 17.4. The van der Waals surface area contributed by atoms with Gasteiger partial charge < -0.3 is 10.4 Å². The minimum atomic E-state index is -0.803. The van der Waals surface area contributed by atoms with Gasteiger partial charge in [-0.05, 0) is 50.3 Å². The lowest BCUT2D eigenvalue weighted by Gasteiger charge is -2.49. The number of aromatic nitrogens is 3. The van der Waals surface area contributed by atoms with Crippen LogP contribution >= 0.6 is 0 Å². The van der Waals surface area contributed by atoms with E-state index in [0.29, 0.717) is 12.0 Å². The highest BCUT2D eigenvalue weighted by molar-refractivity contribution is 5.93. The van der Waals surface area contributed by atoms with E-state index in [-0.39, 0.29) is 11.8 Å². The summed E-state index contributed by atoms with van der Waals surface area (Å²) in [6, 6.07) is 10.1. The number of benzene rings is 1. The molecule has 2 unspecified atom stereocenters. The number of anilines is 1. The SMILES string of the molecule is O=C(Nc1ccccc1)[C@H]1CN2CCC1C[C@@H]2Cn1cc(C2(O)CCCCC2)nn1. The normalized spacial score (nSPS) is 30.2. The van der Waals surface area contributed by atoms with E-state index in [9.17, 15) is 9.90 Å². The molecule has 2 aromatic rings. The van der Waals surface area contributed by atoms with E-state index in [1.165, 1.54) is 6.42 Å². The van der Waals surface area contributed by atoms with Crippen LogP contribution in [0.25, 0.3) is 0 Å². The molecule has 6 rings (SSSR count). The maximum atomic E-state index is 12.8. The van der Waals surface area contributed by atoms with Gasteiger partial charge in [0.25, 0.3) is 0 Å². The Morgan fingerprint density at radius 1 is 1.20 bits per heavy atom. The van der Waals surface area contributed by atoms with Gasteiger partial charge >= 0.3 is 0 Å². The molecular formula is C23H31N5O2. The van der Waals surface area contributed by atoms with Gasteiger partial charge in [0.15, 0.2) is 0 Å². The van der Waals surface area contributed by atoms with Crippen LogP contribution in [0.15, 0.2) is 36.5 Å². The van der Waals surface area contributed by atoms with Gasteiger partial charge in [-0.3, -0.25) is 14.4 Å². The first kappa shape index (κ1) is 19.7. The number of amides is 1. The number of hydrogen-bond donors (Lipinski definition) is 2. The van der Waals surface area contributed by atoms with Crippen LogP contribution in [0.1, 0.15) is 50.6 Å². The lowest BCUT2D eigenvalue weighted by Crippen LogP contribution is -2.57. The van der Waals surface area contributed by atoms with Crippen molar-refractivity contribution in [3.63, 3.8) is 0 Å². The molecule has 2 bridgehead atoms. The van der Waals surface area contributed by atoms with Crippen molar-refractivity contribution in [3.05, 3.63) is 42.2 Å². The lowest BCUT2D eigenvalue weighted by molar-refractivity contribution is -0.127. The number of carbonyl (C=O) groups excluding carboxylic acids is 1. The number of aliphatic hydroxyl groups is 1. The van der Waals surface area contributed by atoms with Crippen LogP contribution in [0.5, 0.6) is 0 Å². The summed E-state index contributed by atoms with van der Waals surface area (Å²) in [5.74, 6) is 0.593. The van der Waals surface area contributed by atoms with Crippen molar-refractivity contribution < 1.29 is 9.90 Å². The van der Waals surface area contributed by atoms with Crippen molar-refractivity contribution in [2.24, 2.45) is 11.8 Å². The third-order valence-corrected chi connectivity index (χ3v) is 7.35. The summed E-state index contributed by atoms with van der Waals surface area (Å²) < 4.78 is 1.90. The molecule has 0 spiro atoms. The summed E-state index contributed by atoms with van der Waals surface area (Å²) in [6.45, 7) is 2.61. The number of rotatable bonds is 5. The predicted octanol–water partition coefficient (Wildman–Crippen LogP) is 2.78. The van der Waals surface area contributed by atoms with Crippen LogP contribution in [0.4, 0.5) is 5.69 Å². The monoisotopic (exact) mass is 409 g/mol. The molecule has 4 fully saturated rings. The largest absolute Gasteiger partial charge is 0.383 e. The summed E-state index contributed by atoms with van der Waals surface area (Å²) in [7, 11) is 0. The van der Waals surface area contributed by atoms with Gasteiger partial charge in [0.2, 0.25) is 5.91 Å². The molecule has 1 aromatic carbocycles. The minimum absolute atomic E-state index is 0.0458. The van der Waals surface area contributed by atoms with Crippen LogP contribution in [0.3, 0.4) is 0 Å². The highest BCUT2D eigenvalue weighted by Crippen LogP contribution is 2.38. The number of piperidine rings is 3. The number of carbonyl (C=O) groups is 1. The number of fused-ring (bicyclic) bond motifs is 3. The van der Waals surface area contributed by atoms with Gasteiger partial charge in [0.1, 0.15) is 11.3 Å². The van der Waals surface area contributed by atoms with E-state index in [0.717, 1.165) is 69.5 Å². The molecule has 3 saturated heterocycles. The van der Waals surface area contributed by atoms with Crippen LogP contribution in [-0.2, 0) is 16.9 Å². The molecule has 30 heavy (non-hydrogen) atoms. The maximum Gasteiger partial charge on any atom is 0.229 e. The Kier molecular flexibility index (Phi) is 5.33. The Bertz CT molecular complexity index is 877. The fourth-order valence-electron chi connectivity index (χ4n) is 5.59. The molecule has 7 heteroatoms. The minimum Gasteiger partial charge on any atom is -0.383 e. The first-order valence-electron chi connectivity index (χ1n) is 11.3. The van der Waals surface area contributed by atoms with E-state index < -0.39 is 5.60 Å². The van der Waals surface area contributed by atoms with Gasteiger partial charge in [-0.25, -0.2) is 0 Å². The van der Waals surface area contributed by atoms with Crippen molar-refractivity contribution in [2.75, 3.05) is 18.4 Å². The molecular weight excluding hydrogens is 378 g/mol. The number of para-hydroxylation sites is 1. The van der Waals surface area contributed by atoms with Crippen molar-refractivity contribution >= 4 is 11.6 Å². The first-order valence-corrected chi connectivity index (χ1v) is 11.3. The molecule has 3 aliphatic heterocycles. The summed E-state index contributed by atoms with van der Waals surface area (Å²) in [4.78, 5) is 15.3. The molecule has 1 saturated carbocycles. The Labute approximate surface area is 177 Å². The van der Waals surface area contributed by atoms with E-state index in [1.54, 1.807) is 0 Å². The highest BCUT2D eigenvalue weighted by atomic mass is 16.3. The zero-order chi connectivity index (χ0) is 20.6. The standard InChI is InChI=1S/C23H31N5O2/c29-22(24-18-7-3-1-4-8-18)20-15-27-12-9-17(20)13-19(27)14-28-16-21(25-26-28)23(30)10-5-2-6-11-23/h1,3-4,7-8,16-17,19-20,30H,2,5-6,9-15H2,(H,24,29)/t17?,19-,20+/m1/s1. The third kappa shape index (κ3) is 3.88. The molecule has 2 N–H and O–H groups in total. The maximum absolute atomic E-state index is 12.8. The number of nitrogens with one attached hydrogen (secondary N) is 1. The molecule has 1 amide bonds.